The first-order chi connectivity index (χ1) is 9.04. The first-order valence-electron chi connectivity index (χ1n) is 6.58. The van der Waals surface area contributed by atoms with E-state index in [-0.39, 0.29) is 24.5 Å². The monoisotopic (exact) mass is 265 g/mol. The minimum absolute atomic E-state index is 0.0534. The van der Waals surface area contributed by atoms with Crippen molar-refractivity contribution in [2.45, 2.75) is 38.6 Å². The number of hydrogen-bond donors (Lipinski definition) is 2. The molecule has 1 rings (SSSR count). The van der Waals surface area contributed by atoms with Crippen LogP contribution in [0, 0.1) is 0 Å². The summed E-state index contributed by atoms with van der Waals surface area (Å²) < 4.78 is 5.23. The Morgan fingerprint density at radius 1 is 1.42 bits per heavy atom. The van der Waals surface area contributed by atoms with Gasteiger partial charge in [0.05, 0.1) is 13.5 Å². The van der Waals surface area contributed by atoms with Gasteiger partial charge in [0.25, 0.3) is 0 Å². The second-order valence-electron chi connectivity index (χ2n) is 4.92. The van der Waals surface area contributed by atoms with Gasteiger partial charge < -0.3 is 15.2 Å². The summed E-state index contributed by atoms with van der Waals surface area (Å²) in [7, 11) is 1.60. The molecule has 1 amide bonds. The highest BCUT2D eigenvalue weighted by Crippen LogP contribution is 2.19. The van der Waals surface area contributed by atoms with Crippen molar-refractivity contribution < 1.29 is 14.6 Å². The summed E-state index contributed by atoms with van der Waals surface area (Å²) in [5.41, 5.74) is 0.512. The van der Waals surface area contributed by atoms with E-state index in [2.05, 4.69) is 5.32 Å². The first-order valence-corrected chi connectivity index (χ1v) is 6.58. The van der Waals surface area contributed by atoms with E-state index in [1.807, 2.05) is 38.1 Å². The van der Waals surface area contributed by atoms with Gasteiger partial charge in [-0.3, -0.25) is 4.79 Å². The largest absolute Gasteiger partial charge is 0.496 e. The molecular formula is C15H23NO3. The molecule has 0 aliphatic carbocycles. The van der Waals surface area contributed by atoms with Crippen molar-refractivity contribution >= 4 is 5.91 Å². The van der Waals surface area contributed by atoms with E-state index in [1.54, 1.807) is 7.11 Å². The number of aliphatic hydroxyl groups is 1. The van der Waals surface area contributed by atoms with Crippen molar-refractivity contribution in [2.24, 2.45) is 0 Å². The Balaban J connectivity index is 2.69. The molecule has 0 heterocycles. The highest BCUT2D eigenvalue weighted by molar-refractivity contribution is 5.80. The molecule has 4 nitrogen and oxygen atoms in total. The zero-order chi connectivity index (χ0) is 14.3. The molecule has 1 aromatic carbocycles. The van der Waals surface area contributed by atoms with E-state index < -0.39 is 0 Å². The van der Waals surface area contributed by atoms with E-state index in [9.17, 15) is 4.79 Å². The van der Waals surface area contributed by atoms with Crippen LogP contribution < -0.4 is 10.1 Å². The summed E-state index contributed by atoms with van der Waals surface area (Å²) in [5.74, 6) is 0.667. The van der Waals surface area contributed by atoms with Gasteiger partial charge in [0, 0.05) is 17.7 Å². The summed E-state index contributed by atoms with van der Waals surface area (Å²) in [6.45, 7) is 4.02. The zero-order valence-corrected chi connectivity index (χ0v) is 11.9. The summed E-state index contributed by atoms with van der Waals surface area (Å²) in [6.07, 6.45) is 1.62. The van der Waals surface area contributed by atoms with Crippen LogP contribution in [0.5, 0.6) is 5.75 Å². The van der Waals surface area contributed by atoms with E-state index in [1.165, 1.54) is 0 Å². The van der Waals surface area contributed by atoms with Gasteiger partial charge in [-0.2, -0.15) is 0 Å². The Hall–Kier alpha value is -1.55. The van der Waals surface area contributed by atoms with Crippen molar-refractivity contribution in [3.05, 3.63) is 29.8 Å². The van der Waals surface area contributed by atoms with Crippen LogP contribution in [0.4, 0.5) is 0 Å². The lowest BCUT2D eigenvalue weighted by Crippen LogP contribution is -2.46. The molecule has 2 N–H and O–H groups in total. The number of para-hydroxylation sites is 1. The molecule has 106 valence electrons. The number of amides is 1. The van der Waals surface area contributed by atoms with E-state index in [4.69, 9.17) is 9.84 Å². The van der Waals surface area contributed by atoms with Crippen LogP contribution in [0.15, 0.2) is 24.3 Å². The number of aliphatic hydroxyl groups excluding tert-OH is 1. The first kappa shape index (κ1) is 15.5. The molecule has 0 aromatic heterocycles. The third-order valence-electron chi connectivity index (χ3n) is 3.43. The maximum Gasteiger partial charge on any atom is 0.224 e. The maximum atomic E-state index is 12.1. The number of rotatable bonds is 7. The van der Waals surface area contributed by atoms with Gasteiger partial charge in [-0.15, -0.1) is 0 Å². The molecule has 19 heavy (non-hydrogen) atoms. The molecule has 4 heteroatoms. The van der Waals surface area contributed by atoms with Crippen molar-refractivity contribution in [1.29, 1.82) is 0 Å². The lowest BCUT2D eigenvalue weighted by atomic mass is 9.94. The lowest BCUT2D eigenvalue weighted by molar-refractivity contribution is -0.122. The molecule has 0 spiro atoms. The minimum atomic E-state index is -0.353. The Kier molecular flexibility index (Phi) is 5.83. The Labute approximate surface area is 114 Å². The Bertz CT molecular complexity index is 420. The molecule has 1 unspecified atom stereocenters. The molecule has 0 saturated heterocycles. The molecule has 1 aromatic rings. The Morgan fingerprint density at radius 3 is 2.68 bits per heavy atom. The fraction of sp³-hybridized carbons (Fsp3) is 0.533. The van der Waals surface area contributed by atoms with Gasteiger partial charge in [-0.1, -0.05) is 25.1 Å². The van der Waals surface area contributed by atoms with Crippen molar-refractivity contribution in [2.75, 3.05) is 13.7 Å². The van der Waals surface area contributed by atoms with Crippen molar-refractivity contribution in [1.82, 2.24) is 5.32 Å². The molecule has 0 fully saturated rings. The minimum Gasteiger partial charge on any atom is -0.496 e. The van der Waals surface area contributed by atoms with Crippen LogP contribution in [0.25, 0.3) is 0 Å². The highest BCUT2D eigenvalue weighted by atomic mass is 16.5. The van der Waals surface area contributed by atoms with E-state index >= 15 is 0 Å². The second-order valence-corrected chi connectivity index (χ2v) is 4.92. The number of carbonyl (C=O) groups excluding carboxylic acids is 1. The molecule has 0 radical (unpaired) electrons. The van der Waals surface area contributed by atoms with Crippen LogP contribution in [-0.2, 0) is 11.2 Å². The Morgan fingerprint density at radius 2 is 2.11 bits per heavy atom. The van der Waals surface area contributed by atoms with Gasteiger partial charge in [0.15, 0.2) is 0 Å². The van der Waals surface area contributed by atoms with Crippen LogP contribution in [0.2, 0.25) is 0 Å². The smallest absolute Gasteiger partial charge is 0.224 e. The van der Waals surface area contributed by atoms with Gasteiger partial charge >= 0.3 is 0 Å². The number of nitrogens with one attached hydrogen (secondary N) is 1. The molecule has 0 aliphatic rings. The van der Waals surface area contributed by atoms with Gasteiger partial charge in [0.1, 0.15) is 5.75 Å². The second kappa shape index (κ2) is 7.14. The summed E-state index contributed by atoms with van der Waals surface area (Å²) in [4.78, 5) is 12.1. The van der Waals surface area contributed by atoms with Gasteiger partial charge in [0.2, 0.25) is 5.91 Å². The van der Waals surface area contributed by atoms with Crippen LogP contribution >= 0.6 is 0 Å². The van der Waals surface area contributed by atoms with E-state index in [0.717, 1.165) is 17.7 Å². The highest BCUT2D eigenvalue weighted by Gasteiger charge is 2.23. The van der Waals surface area contributed by atoms with Gasteiger partial charge in [-0.25, -0.2) is 0 Å². The quantitative estimate of drug-likeness (QED) is 0.791. The topological polar surface area (TPSA) is 58.6 Å². The standard InChI is InChI=1S/C15H23NO3/c1-4-15(2,9-10-17)16-14(18)11-12-7-5-6-8-13(12)19-3/h5-8,17H,4,9-11H2,1-3H3,(H,16,18). The molecule has 1 atom stereocenters. The van der Waals surface area contributed by atoms with Crippen LogP contribution in [0.1, 0.15) is 32.3 Å². The molecule has 0 bridgehead atoms. The fourth-order valence-corrected chi connectivity index (χ4v) is 1.98. The molecular weight excluding hydrogens is 242 g/mol. The zero-order valence-electron chi connectivity index (χ0n) is 11.9. The number of benzene rings is 1. The SMILES string of the molecule is CCC(C)(CCO)NC(=O)Cc1ccccc1OC. The predicted molar refractivity (Wildman–Crippen MR) is 75.2 cm³/mol. The molecule has 0 aliphatic heterocycles. The summed E-state index contributed by atoms with van der Waals surface area (Å²) >= 11 is 0. The number of hydrogen-bond acceptors (Lipinski definition) is 3. The molecule has 0 saturated carbocycles. The third kappa shape index (κ3) is 4.56. The fourth-order valence-electron chi connectivity index (χ4n) is 1.98. The number of carbonyl (C=O) groups is 1. The maximum absolute atomic E-state index is 12.1. The summed E-state index contributed by atoms with van der Waals surface area (Å²) in [5, 5.41) is 12.0. The van der Waals surface area contributed by atoms with Crippen LogP contribution in [0.3, 0.4) is 0 Å². The van der Waals surface area contributed by atoms with Gasteiger partial charge in [-0.05, 0) is 25.8 Å². The normalized spacial score (nSPS) is 13.7. The predicted octanol–water partition coefficient (Wildman–Crippen LogP) is 1.90. The van der Waals surface area contributed by atoms with E-state index in [0.29, 0.717) is 6.42 Å². The van der Waals surface area contributed by atoms with Crippen molar-refractivity contribution in [3.63, 3.8) is 0 Å². The lowest BCUT2D eigenvalue weighted by Gasteiger charge is -2.29. The third-order valence-corrected chi connectivity index (χ3v) is 3.43. The van der Waals surface area contributed by atoms with Crippen molar-refractivity contribution in [3.8, 4) is 5.75 Å². The number of ether oxygens (including phenoxy) is 1. The average Bonchev–Trinajstić information content (AvgIpc) is 2.39. The number of methoxy groups -OCH3 is 1. The summed E-state index contributed by atoms with van der Waals surface area (Å²) in [6, 6.07) is 7.49. The average molecular weight is 265 g/mol. The van der Waals surface area contributed by atoms with Crippen LogP contribution in [-0.4, -0.2) is 30.3 Å².